The second-order valence-corrected chi connectivity index (χ2v) is 7.19. The van der Waals surface area contributed by atoms with E-state index in [9.17, 15) is 22.8 Å². The first-order valence-electron chi connectivity index (χ1n) is 9.69. The van der Waals surface area contributed by atoms with Crippen molar-refractivity contribution in [3.63, 3.8) is 0 Å². The fourth-order valence-corrected chi connectivity index (χ4v) is 3.89. The van der Waals surface area contributed by atoms with Crippen LogP contribution in [0.3, 0.4) is 0 Å². The topological polar surface area (TPSA) is 81.9 Å². The Morgan fingerprint density at radius 3 is 2.42 bits per heavy atom. The number of alkyl halides is 3. The van der Waals surface area contributed by atoms with Crippen molar-refractivity contribution in [1.29, 1.82) is 0 Å². The third-order valence-electron chi connectivity index (χ3n) is 5.24. The number of esters is 1. The van der Waals surface area contributed by atoms with E-state index in [0.717, 1.165) is 13.0 Å². The zero-order valence-corrected chi connectivity index (χ0v) is 17.1. The third kappa shape index (κ3) is 4.66. The predicted molar refractivity (Wildman–Crippen MR) is 108 cm³/mol. The van der Waals surface area contributed by atoms with Gasteiger partial charge in [0.05, 0.1) is 12.7 Å². The van der Waals surface area contributed by atoms with E-state index in [1.165, 1.54) is 24.1 Å². The lowest BCUT2D eigenvalue weighted by Crippen LogP contribution is -2.45. The van der Waals surface area contributed by atoms with Crippen molar-refractivity contribution in [3.05, 3.63) is 59.2 Å². The number of hydrogen-bond acceptors (Lipinski definition) is 5. The maximum absolute atomic E-state index is 13.8. The summed E-state index contributed by atoms with van der Waals surface area (Å²) < 4.78 is 52.0. The van der Waals surface area contributed by atoms with Crippen molar-refractivity contribution in [2.24, 2.45) is 5.73 Å². The molecule has 31 heavy (non-hydrogen) atoms. The molecule has 166 valence electrons. The monoisotopic (exact) mass is 436 g/mol. The third-order valence-corrected chi connectivity index (χ3v) is 5.24. The molecule has 3 rings (SSSR count). The Kier molecular flexibility index (Phi) is 6.54. The van der Waals surface area contributed by atoms with Crippen LogP contribution >= 0.6 is 0 Å². The van der Waals surface area contributed by atoms with Gasteiger partial charge in [0, 0.05) is 31.6 Å². The average Bonchev–Trinajstić information content (AvgIpc) is 2.83. The lowest BCUT2D eigenvalue weighted by molar-refractivity contribution is -0.154. The molecule has 6 nitrogen and oxygen atoms in total. The van der Waals surface area contributed by atoms with E-state index in [0.29, 0.717) is 11.3 Å². The first kappa shape index (κ1) is 22.6. The minimum atomic E-state index is -4.62. The number of rotatable bonds is 5. The Labute approximate surface area is 177 Å². The highest BCUT2D eigenvalue weighted by atomic mass is 19.4. The summed E-state index contributed by atoms with van der Waals surface area (Å²) in [6.45, 7) is 1.17. The van der Waals surface area contributed by atoms with Gasteiger partial charge in [-0.15, -0.1) is 0 Å². The molecule has 0 saturated carbocycles. The zero-order valence-electron chi connectivity index (χ0n) is 17.1. The number of amides is 1. The van der Waals surface area contributed by atoms with Gasteiger partial charge < -0.3 is 20.1 Å². The first-order chi connectivity index (χ1) is 14.7. The van der Waals surface area contributed by atoms with Gasteiger partial charge in [0.1, 0.15) is 5.75 Å². The fraction of sp³-hybridized carbons (Fsp3) is 0.364. The van der Waals surface area contributed by atoms with Crippen LogP contribution in [0.15, 0.2) is 42.5 Å². The van der Waals surface area contributed by atoms with Crippen LogP contribution in [0.1, 0.15) is 29.5 Å². The summed E-state index contributed by atoms with van der Waals surface area (Å²) in [5.41, 5.74) is 5.45. The van der Waals surface area contributed by atoms with Crippen LogP contribution in [0, 0.1) is 0 Å². The molecule has 1 aliphatic heterocycles. The average molecular weight is 436 g/mol. The summed E-state index contributed by atoms with van der Waals surface area (Å²) in [5.74, 6) is -1.59. The van der Waals surface area contributed by atoms with Gasteiger partial charge in [0.15, 0.2) is 6.10 Å². The van der Waals surface area contributed by atoms with Gasteiger partial charge in [0.25, 0.3) is 5.91 Å². The fourth-order valence-electron chi connectivity index (χ4n) is 3.89. The molecular formula is C22H23F3N2O4. The number of carbonyl (C=O) groups excluding carboxylic acids is 2. The van der Waals surface area contributed by atoms with E-state index >= 15 is 0 Å². The molecule has 1 heterocycles. The van der Waals surface area contributed by atoms with E-state index in [4.69, 9.17) is 15.2 Å². The number of hydrogen-bond donors (Lipinski definition) is 1. The molecule has 1 aliphatic rings. The van der Waals surface area contributed by atoms with Crippen molar-refractivity contribution < 1.29 is 32.2 Å². The number of anilines is 1. The van der Waals surface area contributed by atoms with Gasteiger partial charge in [-0.1, -0.05) is 18.2 Å². The number of benzene rings is 2. The molecule has 1 amide bonds. The summed E-state index contributed by atoms with van der Waals surface area (Å²) in [7, 11) is 1.49. The summed E-state index contributed by atoms with van der Waals surface area (Å²) in [6, 6.07) is 10.3. The Bertz CT molecular complexity index is 960. The van der Waals surface area contributed by atoms with Crippen LogP contribution in [-0.2, 0) is 26.9 Å². The Morgan fingerprint density at radius 1 is 1.19 bits per heavy atom. The summed E-state index contributed by atoms with van der Waals surface area (Å²) in [6.07, 6.45) is -6.07. The van der Waals surface area contributed by atoms with E-state index in [1.54, 1.807) is 24.3 Å². The van der Waals surface area contributed by atoms with Gasteiger partial charge in [-0.3, -0.25) is 9.59 Å². The van der Waals surface area contributed by atoms with E-state index in [-0.39, 0.29) is 30.8 Å². The van der Waals surface area contributed by atoms with Crippen LogP contribution in [0.5, 0.6) is 5.75 Å². The molecule has 0 radical (unpaired) electrons. The second kappa shape index (κ2) is 8.97. The standard InChI is InChI=1S/C22H23F3N2O4/c1-13(28)31-20-16(14-6-8-15(30-2)9-7-14)12-17-18(22(23,24)25)4-3-5-19(17)27(11-10-26)21(20)29/h3-9,16,20H,10-12,26H2,1-2H3/t16-,20+/m0/s1. The molecule has 0 bridgehead atoms. The van der Waals surface area contributed by atoms with E-state index in [1.807, 2.05) is 0 Å². The summed E-state index contributed by atoms with van der Waals surface area (Å²) in [4.78, 5) is 26.4. The highest BCUT2D eigenvalue weighted by Crippen LogP contribution is 2.42. The minimum absolute atomic E-state index is 0.0136. The Balaban J connectivity index is 2.22. The molecule has 0 aromatic heterocycles. The van der Waals surface area contributed by atoms with Gasteiger partial charge in [-0.05, 0) is 41.8 Å². The van der Waals surface area contributed by atoms with Gasteiger partial charge in [-0.25, -0.2) is 0 Å². The molecule has 0 unspecified atom stereocenters. The van der Waals surface area contributed by atoms with Crippen LogP contribution in [0.4, 0.5) is 18.9 Å². The molecular weight excluding hydrogens is 413 g/mol. The van der Waals surface area contributed by atoms with Gasteiger partial charge >= 0.3 is 12.1 Å². The number of methoxy groups -OCH3 is 1. The van der Waals surface area contributed by atoms with Crippen LogP contribution < -0.4 is 15.4 Å². The number of nitrogens with zero attached hydrogens (tertiary/aromatic N) is 1. The molecule has 0 saturated heterocycles. The molecule has 2 aromatic rings. The van der Waals surface area contributed by atoms with Crippen molar-refractivity contribution in [3.8, 4) is 5.75 Å². The Morgan fingerprint density at radius 2 is 1.87 bits per heavy atom. The van der Waals surface area contributed by atoms with Crippen molar-refractivity contribution in [2.75, 3.05) is 25.1 Å². The SMILES string of the molecule is COc1ccc([C@@H]2Cc3c(cccc3C(F)(F)F)N(CCN)C(=O)[C@@H]2OC(C)=O)cc1. The quantitative estimate of drug-likeness (QED) is 0.728. The predicted octanol–water partition coefficient (Wildman–Crippen LogP) is 3.28. The Hall–Kier alpha value is -3.07. The number of ether oxygens (including phenoxy) is 2. The highest BCUT2D eigenvalue weighted by molar-refractivity contribution is 6.00. The maximum atomic E-state index is 13.8. The smallest absolute Gasteiger partial charge is 0.416 e. The van der Waals surface area contributed by atoms with Crippen molar-refractivity contribution in [1.82, 2.24) is 0 Å². The van der Waals surface area contributed by atoms with Gasteiger partial charge in [-0.2, -0.15) is 13.2 Å². The molecule has 0 fully saturated rings. The molecule has 2 aromatic carbocycles. The molecule has 2 N–H and O–H groups in total. The van der Waals surface area contributed by atoms with Crippen molar-refractivity contribution in [2.45, 2.75) is 31.5 Å². The van der Waals surface area contributed by atoms with Gasteiger partial charge in [0.2, 0.25) is 0 Å². The van der Waals surface area contributed by atoms with E-state index < -0.39 is 35.6 Å². The number of fused-ring (bicyclic) bond motifs is 1. The first-order valence-corrected chi connectivity index (χ1v) is 9.69. The lowest BCUT2D eigenvalue weighted by atomic mass is 9.86. The van der Waals surface area contributed by atoms with E-state index in [2.05, 4.69) is 0 Å². The molecule has 0 aliphatic carbocycles. The number of nitrogens with two attached hydrogens (primary N) is 1. The second-order valence-electron chi connectivity index (χ2n) is 7.19. The van der Waals surface area contributed by atoms with Crippen LogP contribution in [0.2, 0.25) is 0 Å². The number of halogens is 3. The van der Waals surface area contributed by atoms with Crippen molar-refractivity contribution >= 4 is 17.6 Å². The molecule has 2 atom stereocenters. The maximum Gasteiger partial charge on any atom is 0.416 e. The zero-order chi connectivity index (χ0) is 22.8. The summed E-state index contributed by atoms with van der Waals surface area (Å²) in [5, 5.41) is 0. The molecule has 0 spiro atoms. The normalized spacial score (nSPS) is 18.9. The molecule has 9 heteroatoms. The summed E-state index contributed by atoms with van der Waals surface area (Å²) >= 11 is 0. The van der Waals surface area contributed by atoms with Crippen LogP contribution in [-0.4, -0.2) is 38.2 Å². The minimum Gasteiger partial charge on any atom is -0.497 e. The lowest BCUT2D eigenvalue weighted by Gasteiger charge is -2.28. The number of carbonyl (C=O) groups is 2. The highest BCUT2D eigenvalue weighted by Gasteiger charge is 2.43. The largest absolute Gasteiger partial charge is 0.497 e. The van der Waals surface area contributed by atoms with Crippen LogP contribution in [0.25, 0.3) is 0 Å².